The molecule has 0 saturated heterocycles. The number of anilines is 1. The smallest absolute Gasteiger partial charge is 0.179 e. The second kappa shape index (κ2) is 4.85. The van der Waals surface area contributed by atoms with Crippen LogP contribution < -0.4 is 4.90 Å². The van der Waals surface area contributed by atoms with E-state index in [9.17, 15) is 5.11 Å². The number of hydrogen-bond donors (Lipinski definition) is 2. The van der Waals surface area contributed by atoms with Crippen LogP contribution in [0.3, 0.4) is 0 Å². The molecule has 0 fully saturated rings. The number of hydrogen-bond acceptors (Lipinski definition) is 4. The van der Waals surface area contributed by atoms with Crippen LogP contribution in [0.1, 0.15) is 11.4 Å². The zero-order valence-electron chi connectivity index (χ0n) is 11.5. The van der Waals surface area contributed by atoms with Gasteiger partial charge in [0.1, 0.15) is 17.4 Å². The molecule has 0 aliphatic rings. The molecule has 3 rings (SSSR count). The Hall–Kier alpha value is -2.56. The molecule has 0 aliphatic heterocycles. The van der Waals surface area contributed by atoms with Gasteiger partial charge in [-0.2, -0.15) is 0 Å². The molecule has 2 heterocycles. The number of fused-ring (bicyclic) bond motifs is 1. The van der Waals surface area contributed by atoms with Crippen LogP contribution in [0.4, 0.5) is 5.82 Å². The average molecular weight is 268 g/mol. The molecule has 1 aromatic carbocycles. The van der Waals surface area contributed by atoms with Crippen molar-refractivity contribution < 1.29 is 5.11 Å². The Bertz CT molecular complexity index is 748. The summed E-state index contributed by atoms with van der Waals surface area (Å²) in [6.45, 7) is 0. The lowest BCUT2D eigenvalue weighted by Gasteiger charge is -2.09. The number of pyridine rings is 1. The summed E-state index contributed by atoms with van der Waals surface area (Å²) in [6.07, 6.45) is 0.641. The lowest BCUT2D eigenvalue weighted by molar-refractivity contribution is 0.474. The number of nitrogens with one attached hydrogen (secondary N) is 1. The maximum Gasteiger partial charge on any atom is 0.179 e. The molecular formula is C15H16N4O. The van der Waals surface area contributed by atoms with Crippen molar-refractivity contribution >= 4 is 17.0 Å². The topological polar surface area (TPSA) is 65.0 Å². The van der Waals surface area contributed by atoms with Crippen molar-refractivity contribution in [3.63, 3.8) is 0 Å². The Labute approximate surface area is 116 Å². The van der Waals surface area contributed by atoms with Crippen molar-refractivity contribution in [2.45, 2.75) is 6.42 Å². The van der Waals surface area contributed by atoms with Gasteiger partial charge in [-0.15, -0.1) is 0 Å². The van der Waals surface area contributed by atoms with E-state index in [-0.39, 0.29) is 5.75 Å². The number of phenols is 1. The number of aromatic hydroxyl groups is 1. The molecule has 0 atom stereocenters. The molecule has 5 nitrogen and oxygen atoms in total. The quantitative estimate of drug-likeness (QED) is 0.765. The summed E-state index contributed by atoms with van der Waals surface area (Å²) in [5, 5.41) is 9.48. The van der Waals surface area contributed by atoms with Crippen molar-refractivity contribution in [3.05, 3.63) is 47.8 Å². The van der Waals surface area contributed by atoms with Gasteiger partial charge in [-0.25, -0.2) is 9.97 Å². The third kappa shape index (κ3) is 2.42. The van der Waals surface area contributed by atoms with E-state index in [0.29, 0.717) is 12.1 Å². The lowest BCUT2D eigenvalue weighted by Crippen LogP contribution is -2.10. The van der Waals surface area contributed by atoms with E-state index in [1.165, 1.54) is 0 Å². The summed E-state index contributed by atoms with van der Waals surface area (Å²) in [5.41, 5.74) is 2.65. The summed E-state index contributed by atoms with van der Waals surface area (Å²) in [4.78, 5) is 14.2. The average Bonchev–Trinajstić information content (AvgIpc) is 2.79. The predicted octanol–water partition coefficient (Wildman–Crippen LogP) is 2.32. The molecule has 0 spiro atoms. The van der Waals surface area contributed by atoms with E-state index < -0.39 is 0 Å². The van der Waals surface area contributed by atoms with Gasteiger partial charge in [0, 0.05) is 20.5 Å². The second-order valence-electron chi connectivity index (χ2n) is 4.97. The Morgan fingerprint density at radius 3 is 2.75 bits per heavy atom. The Balaban J connectivity index is 1.93. The number of H-pyrrole nitrogens is 1. The highest BCUT2D eigenvalue weighted by Crippen LogP contribution is 2.18. The molecule has 20 heavy (non-hydrogen) atoms. The molecule has 0 amide bonds. The van der Waals surface area contributed by atoms with E-state index in [0.717, 1.165) is 22.7 Å². The number of rotatable bonds is 3. The summed E-state index contributed by atoms with van der Waals surface area (Å²) >= 11 is 0. The van der Waals surface area contributed by atoms with E-state index in [2.05, 4.69) is 15.0 Å². The van der Waals surface area contributed by atoms with Crippen LogP contribution >= 0.6 is 0 Å². The minimum absolute atomic E-state index is 0.270. The number of nitrogens with zero attached hydrogens (tertiary/aromatic N) is 3. The fourth-order valence-electron chi connectivity index (χ4n) is 2.13. The van der Waals surface area contributed by atoms with Crippen molar-refractivity contribution in [2.75, 3.05) is 19.0 Å². The summed E-state index contributed by atoms with van der Waals surface area (Å²) < 4.78 is 0. The number of aromatic nitrogens is 3. The molecular weight excluding hydrogens is 252 g/mol. The fraction of sp³-hybridized carbons (Fsp3) is 0.200. The molecule has 0 aliphatic carbocycles. The zero-order valence-corrected chi connectivity index (χ0v) is 11.5. The van der Waals surface area contributed by atoms with Gasteiger partial charge in [-0.1, -0.05) is 12.1 Å². The Kier molecular flexibility index (Phi) is 3.02. The number of phenolic OH excluding ortho intramolecular Hbond substituents is 1. The van der Waals surface area contributed by atoms with Crippen LogP contribution in [0.5, 0.6) is 5.75 Å². The normalized spacial score (nSPS) is 10.9. The zero-order chi connectivity index (χ0) is 14.1. The predicted molar refractivity (Wildman–Crippen MR) is 79.1 cm³/mol. The molecule has 0 unspecified atom stereocenters. The fourth-order valence-corrected chi connectivity index (χ4v) is 2.13. The van der Waals surface area contributed by atoms with Crippen LogP contribution in [0.25, 0.3) is 11.2 Å². The first kappa shape index (κ1) is 12.5. The summed E-state index contributed by atoms with van der Waals surface area (Å²) in [5.74, 6) is 1.99. The third-order valence-electron chi connectivity index (χ3n) is 3.12. The maximum atomic E-state index is 9.48. The monoisotopic (exact) mass is 268 g/mol. The second-order valence-corrected chi connectivity index (χ2v) is 4.97. The van der Waals surface area contributed by atoms with Crippen LogP contribution in [0.15, 0.2) is 36.4 Å². The Morgan fingerprint density at radius 2 is 2.00 bits per heavy atom. The maximum absolute atomic E-state index is 9.48. The standard InChI is InChI=1S/C15H16N4O/c1-19(2)14-7-6-12-15(18-14)17-13(16-12)9-10-4-3-5-11(20)8-10/h3-8,20H,9H2,1-2H3,(H,16,17,18). The van der Waals surface area contributed by atoms with Gasteiger partial charge in [0.25, 0.3) is 0 Å². The van der Waals surface area contributed by atoms with Crippen molar-refractivity contribution in [1.29, 1.82) is 0 Å². The Morgan fingerprint density at radius 1 is 1.15 bits per heavy atom. The van der Waals surface area contributed by atoms with Crippen molar-refractivity contribution in [1.82, 2.24) is 15.0 Å². The molecule has 0 bridgehead atoms. The van der Waals surface area contributed by atoms with Crippen molar-refractivity contribution in [2.24, 2.45) is 0 Å². The molecule has 2 aromatic heterocycles. The van der Waals surface area contributed by atoms with Crippen LogP contribution in [-0.2, 0) is 6.42 Å². The van der Waals surface area contributed by atoms with E-state index >= 15 is 0 Å². The van der Waals surface area contributed by atoms with E-state index in [4.69, 9.17) is 0 Å². The molecule has 0 saturated carbocycles. The van der Waals surface area contributed by atoms with Gasteiger partial charge in [-0.3, -0.25) is 0 Å². The van der Waals surface area contributed by atoms with Gasteiger partial charge in [0.2, 0.25) is 0 Å². The largest absolute Gasteiger partial charge is 0.508 e. The highest BCUT2D eigenvalue weighted by Gasteiger charge is 2.07. The molecule has 3 aromatic rings. The molecule has 5 heteroatoms. The van der Waals surface area contributed by atoms with Gasteiger partial charge >= 0.3 is 0 Å². The van der Waals surface area contributed by atoms with Gasteiger partial charge in [0.15, 0.2) is 5.65 Å². The molecule has 0 radical (unpaired) electrons. The number of imidazole rings is 1. The van der Waals surface area contributed by atoms with E-state index in [1.807, 2.05) is 43.3 Å². The first-order chi connectivity index (χ1) is 9.61. The van der Waals surface area contributed by atoms with Gasteiger partial charge in [0.05, 0.1) is 5.52 Å². The molecule has 102 valence electrons. The summed E-state index contributed by atoms with van der Waals surface area (Å²) in [7, 11) is 3.91. The van der Waals surface area contributed by atoms with Crippen LogP contribution in [-0.4, -0.2) is 34.2 Å². The number of benzene rings is 1. The highest BCUT2D eigenvalue weighted by molar-refractivity contribution is 5.73. The van der Waals surface area contributed by atoms with Crippen LogP contribution in [0.2, 0.25) is 0 Å². The van der Waals surface area contributed by atoms with Gasteiger partial charge < -0.3 is 15.0 Å². The first-order valence-corrected chi connectivity index (χ1v) is 6.43. The van der Waals surface area contributed by atoms with Crippen molar-refractivity contribution in [3.8, 4) is 5.75 Å². The third-order valence-corrected chi connectivity index (χ3v) is 3.12. The minimum Gasteiger partial charge on any atom is -0.508 e. The van der Waals surface area contributed by atoms with E-state index in [1.54, 1.807) is 12.1 Å². The first-order valence-electron chi connectivity index (χ1n) is 6.43. The lowest BCUT2D eigenvalue weighted by atomic mass is 10.1. The van der Waals surface area contributed by atoms with Crippen LogP contribution in [0, 0.1) is 0 Å². The van der Waals surface area contributed by atoms with Gasteiger partial charge in [-0.05, 0) is 29.8 Å². The SMILES string of the molecule is CN(C)c1ccc2[nH]c(Cc3cccc(O)c3)nc2n1. The number of aromatic amines is 1. The highest BCUT2D eigenvalue weighted by atomic mass is 16.3. The molecule has 2 N–H and O–H groups in total. The summed E-state index contributed by atoms with van der Waals surface area (Å²) in [6, 6.07) is 11.1. The minimum atomic E-state index is 0.270.